The first-order valence-corrected chi connectivity index (χ1v) is 9.52. The van der Waals surface area contributed by atoms with Crippen molar-refractivity contribution < 1.29 is 13.2 Å². The highest BCUT2D eigenvalue weighted by Crippen LogP contribution is 2.09. The minimum atomic E-state index is -3.27. The summed E-state index contributed by atoms with van der Waals surface area (Å²) in [6.45, 7) is 3.08. The maximum absolute atomic E-state index is 11.8. The highest BCUT2D eigenvalue weighted by Gasteiger charge is 2.16. The molecular weight excluding hydrogens is 324 g/mol. The van der Waals surface area contributed by atoms with Crippen molar-refractivity contribution in [3.8, 4) is 0 Å². The van der Waals surface area contributed by atoms with Gasteiger partial charge in [0.25, 0.3) is 0 Å². The second kappa shape index (κ2) is 9.12. The molecule has 1 amide bonds. The number of amides is 1. The molecule has 0 fully saturated rings. The Balaban J connectivity index is 2.41. The number of hydrogen-bond acceptors (Lipinski definition) is 3. The molecule has 7 heteroatoms. The molecule has 1 N–H and O–H groups in total. The van der Waals surface area contributed by atoms with Crippen molar-refractivity contribution in [3.05, 3.63) is 34.9 Å². The maximum Gasteiger partial charge on any atom is 0.221 e. The van der Waals surface area contributed by atoms with Gasteiger partial charge in [0.15, 0.2) is 0 Å². The van der Waals surface area contributed by atoms with Crippen molar-refractivity contribution in [2.75, 3.05) is 19.3 Å². The zero-order valence-electron chi connectivity index (χ0n) is 13.0. The van der Waals surface area contributed by atoms with Crippen molar-refractivity contribution in [2.45, 2.75) is 32.7 Å². The average molecular weight is 347 g/mol. The van der Waals surface area contributed by atoms with E-state index in [0.717, 1.165) is 18.4 Å². The van der Waals surface area contributed by atoms with E-state index in [9.17, 15) is 13.2 Å². The summed E-state index contributed by atoms with van der Waals surface area (Å²) in [7, 11) is -3.27. The van der Waals surface area contributed by atoms with E-state index >= 15 is 0 Å². The van der Waals surface area contributed by atoms with Crippen LogP contribution in [-0.4, -0.2) is 38.0 Å². The topological polar surface area (TPSA) is 66.5 Å². The molecule has 1 aromatic rings. The summed E-state index contributed by atoms with van der Waals surface area (Å²) in [6, 6.07) is 7.21. The van der Waals surface area contributed by atoms with Gasteiger partial charge >= 0.3 is 0 Å². The standard InChI is InChI=1S/C15H23ClN2O3S/c1-3-4-10-18(22(2,20)21)11-9-15(19)17-12-13-5-7-14(16)8-6-13/h5-8H,3-4,9-12H2,1-2H3,(H,17,19). The molecule has 0 aliphatic carbocycles. The minimum absolute atomic E-state index is 0.157. The molecule has 1 rings (SSSR count). The van der Waals surface area contributed by atoms with Crippen LogP contribution in [0.2, 0.25) is 5.02 Å². The van der Waals surface area contributed by atoms with E-state index in [4.69, 9.17) is 11.6 Å². The van der Waals surface area contributed by atoms with E-state index in [1.54, 1.807) is 12.1 Å². The Kier molecular flexibility index (Phi) is 7.85. The molecule has 1 aromatic carbocycles. The Morgan fingerprint density at radius 1 is 1.23 bits per heavy atom. The molecule has 22 heavy (non-hydrogen) atoms. The molecule has 124 valence electrons. The van der Waals surface area contributed by atoms with E-state index in [0.29, 0.717) is 18.1 Å². The van der Waals surface area contributed by atoms with Gasteiger partial charge in [-0.3, -0.25) is 4.79 Å². The normalized spacial score (nSPS) is 11.6. The number of halogens is 1. The summed E-state index contributed by atoms with van der Waals surface area (Å²) in [4.78, 5) is 11.8. The first-order valence-electron chi connectivity index (χ1n) is 7.29. The molecule has 0 aliphatic heterocycles. The van der Waals surface area contributed by atoms with Gasteiger partial charge < -0.3 is 5.32 Å². The van der Waals surface area contributed by atoms with Crippen LogP contribution in [0.4, 0.5) is 0 Å². The lowest BCUT2D eigenvalue weighted by molar-refractivity contribution is -0.121. The number of nitrogens with zero attached hydrogens (tertiary/aromatic N) is 1. The third-order valence-electron chi connectivity index (χ3n) is 3.22. The van der Waals surface area contributed by atoms with Crippen molar-refractivity contribution >= 4 is 27.5 Å². The summed E-state index contributed by atoms with van der Waals surface area (Å²) in [5, 5.41) is 3.43. The summed E-state index contributed by atoms with van der Waals surface area (Å²) in [5.41, 5.74) is 0.948. The van der Waals surface area contributed by atoms with Gasteiger partial charge in [0.2, 0.25) is 15.9 Å². The van der Waals surface area contributed by atoms with Crippen LogP contribution in [0.5, 0.6) is 0 Å². The number of rotatable bonds is 9. The maximum atomic E-state index is 11.8. The van der Waals surface area contributed by atoms with Crippen molar-refractivity contribution in [2.24, 2.45) is 0 Å². The highest BCUT2D eigenvalue weighted by atomic mass is 35.5. The smallest absolute Gasteiger partial charge is 0.221 e. The molecule has 0 aliphatic rings. The van der Waals surface area contributed by atoms with Crippen molar-refractivity contribution in [3.63, 3.8) is 0 Å². The summed E-state index contributed by atoms with van der Waals surface area (Å²) >= 11 is 5.79. The van der Waals surface area contributed by atoms with Crippen LogP contribution < -0.4 is 5.32 Å². The Labute approximate surface area is 137 Å². The fourth-order valence-electron chi connectivity index (χ4n) is 1.90. The largest absolute Gasteiger partial charge is 0.352 e. The van der Waals surface area contributed by atoms with E-state index < -0.39 is 10.0 Å². The van der Waals surface area contributed by atoms with E-state index in [2.05, 4.69) is 5.32 Å². The summed E-state index contributed by atoms with van der Waals surface area (Å²) in [5.74, 6) is -0.167. The lowest BCUT2D eigenvalue weighted by Crippen LogP contribution is -2.35. The zero-order valence-corrected chi connectivity index (χ0v) is 14.6. The van der Waals surface area contributed by atoms with E-state index in [-0.39, 0.29) is 18.9 Å². The van der Waals surface area contributed by atoms with E-state index in [1.165, 1.54) is 10.6 Å². The second-order valence-corrected chi connectivity index (χ2v) is 7.59. The fraction of sp³-hybridized carbons (Fsp3) is 0.533. The lowest BCUT2D eigenvalue weighted by atomic mass is 10.2. The Bertz CT molecular complexity index is 573. The molecule has 0 saturated heterocycles. The van der Waals surface area contributed by atoms with Crippen LogP contribution in [0.1, 0.15) is 31.7 Å². The van der Waals surface area contributed by atoms with Gasteiger partial charge in [-0.15, -0.1) is 0 Å². The Hall–Kier alpha value is -1.11. The van der Waals surface area contributed by atoms with Gasteiger partial charge in [-0.2, -0.15) is 0 Å². The first kappa shape index (κ1) is 18.9. The second-order valence-electron chi connectivity index (χ2n) is 5.17. The third-order valence-corrected chi connectivity index (χ3v) is 4.78. The third kappa shape index (κ3) is 7.24. The molecule has 0 heterocycles. The molecule has 0 aromatic heterocycles. The Morgan fingerprint density at radius 2 is 1.86 bits per heavy atom. The van der Waals surface area contributed by atoms with Crippen LogP contribution in [0.25, 0.3) is 0 Å². The molecule has 5 nitrogen and oxygen atoms in total. The van der Waals surface area contributed by atoms with Crippen LogP contribution in [0.15, 0.2) is 24.3 Å². The predicted molar refractivity (Wildman–Crippen MR) is 89.2 cm³/mol. The number of nitrogens with one attached hydrogen (secondary N) is 1. The van der Waals surface area contributed by atoms with Gasteiger partial charge in [0, 0.05) is 31.1 Å². The molecule has 0 atom stereocenters. The monoisotopic (exact) mass is 346 g/mol. The van der Waals surface area contributed by atoms with Crippen LogP contribution in [0, 0.1) is 0 Å². The zero-order chi connectivity index (χ0) is 16.6. The van der Waals surface area contributed by atoms with Gasteiger partial charge in [-0.25, -0.2) is 12.7 Å². The Morgan fingerprint density at radius 3 is 2.41 bits per heavy atom. The average Bonchev–Trinajstić information content (AvgIpc) is 2.45. The summed E-state index contributed by atoms with van der Waals surface area (Å²) < 4.78 is 24.6. The van der Waals surface area contributed by atoms with Gasteiger partial charge in [-0.05, 0) is 24.1 Å². The number of benzene rings is 1. The van der Waals surface area contributed by atoms with E-state index in [1.807, 2.05) is 19.1 Å². The van der Waals surface area contributed by atoms with Crippen LogP contribution in [-0.2, 0) is 21.4 Å². The number of unbranched alkanes of at least 4 members (excludes halogenated alkanes) is 1. The van der Waals surface area contributed by atoms with Gasteiger partial charge in [0.05, 0.1) is 6.26 Å². The molecular formula is C15H23ClN2O3S. The van der Waals surface area contributed by atoms with Gasteiger partial charge in [-0.1, -0.05) is 37.1 Å². The van der Waals surface area contributed by atoms with Gasteiger partial charge in [0.1, 0.15) is 0 Å². The molecule has 0 unspecified atom stereocenters. The SMILES string of the molecule is CCCCN(CCC(=O)NCc1ccc(Cl)cc1)S(C)(=O)=O. The predicted octanol–water partition coefficient (Wildman–Crippen LogP) is 2.41. The van der Waals surface area contributed by atoms with Crippen LogP contribution in [0.3, 0.4) is 0 Å². The molecule has 0 spiro atoms. The lowest BCUT2D eigenvalue weighted by Gasteiger charge is -2.19. The fourth-order valence-corrected chi connectivity index (χ4v) is 2.91. The quantitative estimate of drug-likeness (QED) is 0.746. The molecule has 0 radical (unpaired) electrons. The molecule has 0 bridgehead atoms. The number of hydrogen-bond donors (Lipinski definition) is 1. The minimum Gasteiger partial charge on any atom is -0.352 e. The summed E-state index contributed by atoms with van der Waals surface area (Å²) in [6.07, 6.45) is 3.03. The number of carbonyl (C=O) groups excluding carboxylic acids is 1. The van der Waals surface area contributed by atoms with Crippen molar-refractivity contribution in [1.29, 1.82) is 0 Å². The molecule has 0 saturated carbocycles. The highest BCUT2D eigenvalue weighted by molar-refractivity contribution is 7.88. The number of sulfonamides is 1. The van der Waals surface area contributed by atoms with Crippen LogP contribution >= 0.6 is 11.6 Å². The first-order chi connectivity index (χ1) is 10.3. The van der Waals surface area contributed by atoms with Crippen molar-refractivity contribution in [1.82, 2.24) is 9.62 Å². The number of carbonyl (C=O) groups is 1.